The molecule has 1 heterocycles. The van der Waals surface area contributed by atoms with Crippen LogP contribution in [0.1, 0.15) is 24.0 Å². The van der Waals surface area contributed by atoms with E-state index >= 15 is 0 Å². The highest BCUT2D eigenvalue weighted by Crippen LogP contribution is 2.28. The molecule has 1 saturated carbocycles. The Morgan fingerprint density at radius 2 is 2.20 bits per heavy atom. The summed E-state index contributed by atoms with van der Waals surface area (Å²) < 4.78 is 1.50. The van der Waals surface area contributed by atoms with Crippen LogP contribution in [-0.4, -0.2) is 16.3 Å². The molecular weight excluding hydrogens is 250 g/mol. The minimum Gasteiger partial charge on any atom is -0.383 e. The van der Waals surface area contributed by atoms with Crippen molar-refractivity contribution in [2.45, 2.75) is 26.3 Å². The van der Waals surface area contributed by atoms with Crippen LogP contribution in [0.2, 0.25) is 0 Å². The van der Waals surface area contributed by atoms with Gasteiger partial charge in [-0.25, -0.2) is 4.68 Å². The zero-order chi connectivity index (χ0) is 13.9. The molecule has 0 amide bonds. The first kappa shape index (κ1) is 12.9. The molecule has 4 nitrogen and oxygen atoms in total. The van der Waals surface area contributed by atoms with Crippen LogP contribution in [-0.2, 0) is 6.54 Å². The van der Waals surface area contributed by atoms with Gasteiger partial charge in [0.05, 0.1) is 18.4 Å². The van der Waals surface area contributed by atoms with E-state index < -0.39 is 0 Å². The molecule has 0 saturated heterocycles. The second kappa shape index (κ2) is 5.49. The number of hydrogen-bond donors (Lipinski definition) is 1. The molecule has 0 aliphatic heterocycles. The van der Waals surface area contributed by atoms with Crippen molar-refractivity contribution in [1.82, 2.24) is 9.78 Å². The molecule has 2 aromatic rings. The number of aryl methyl sites for hydroxylation is 1. The predicted octanol–water partition coefficient (Wildman–Crippen LogP) is 2.42. The Morgan fingerprint density at radius 1 is 1.35 bits per heavy atom. The lowest BCUT2D eigenvalue weighted by atomic mass is 10.1. The fourth-order valence-corrected chi connectivity index (χ4v) is 2.22. The Labute approximate surface area is 118 Å². The Bertz CT molecular complexity index is 659. The van der Waals surface area contributed by atoms with Crippen molar-refractivity contribution in [2.24, 2.45) is 5.92 Å². The molecule has 0 atom stereocenters. The third-order valence-corrected chi connectivity index (χ3v) is 3.58. The van der Waals surface area contributed by atoms with Gasteiger partial charge >= 0.3 is 0 Å². The molecule has 0 radical (unpaired) electrons. The number of aromatic nitrogens is 2. The molecule has 1 aromatic carbocycles. The third-order valence-electron chi connectivity index (χ3n) is 3.58. The number of nitrogens with zero attached hydrogens (tertiary/aromatic N) is 2. The van der Waals surface area contributed by atoms with Gasteiger partial charge in [-0.2, -0.15) is 5.10 Å². The summed E-state index contributed by atoms with van der Waals surface area (Å²) in [6.45, 7) is 3.51. The zero-order valence-corrected chi connectivity index (χ0v) is 11.7. The van der Waals surface area contributed by atoms with Crippen molar-refractivity contribution in [2.75, 3.05) is 11.9 Å². The van der Waals surface area contributed by atoms with E-state index in [-0.39, 0.29) is 5.56 Å². The maximum Gasteiger partial charge on any atom is 0.269 e. The Morgan fingerprint density at radius 3 is 2.90 bits per heavy atom. The van der Waals surface area contributed by atoms with Gasteiger partial charge in [-0.1, -0.05) is 29.8 Å². The predicted molar refractivity (Wildman–Crippen MR) is 80.0 cm³/mol. The minimum absolute atomic E-state index is 0.0627. The van der Waals surface area contributed by atoms with Gasteiger partial charge in [0, 0.05) is 12.6 Å². The highest BCUT2D eigenvalue weighted by Gasteiger charge is 2.20. The monoisotopic (exact) mass is 269 g/mol. The first-order chi connectivity index (χ1) is 9.70. The number of nitrogens with one attached hydrogen (secondary N) is 1. The molecule has 104 valence electrons. The molecule has 0 unspecified atom stereocenters. The van der Waals surface area contributed by atoms with Gasteiger partial charge in [0.15, 0.2) is 0 Å². The quantitative estimate of drug-likeness (QED) is 0.906. The molecule has 1 N–H and O–H groups in total. The molecule has 0 spiro atoms. The fraction of sp³-hybridized carbons (Fsp3) is 0.375. The van der Waals surface area contributed by atoms with Crippen molar-refractivity contribution >= 4 is 5.69 Å². The molecule has 1 aliphatic carbocycles. The lowest BCUT2D eigenvalue weighted by Gasteiger charge is -2.08. The van der Waals surface area contributed by atoms with Crippen LogP contribution in [0.4, 0.5) is 5.69 Å². The van der Waals surface area contributed by atoms with E-state index in [1.807, 2.05) is 25.1 Å². The zero-order valence-electron chi connectivity index (χ0n) is 11.7. The highest BCUT2D eigenvalue weighted by molar-refractivity contribution is 5.39. The van der Waals surface area contributed by atoms with Gasteiger partial charge in [-0.3, -0.25) is 4.79 Å². The van der Waals surface area contributed by atoms with Crippen LogP contribution < -0.4 is 10.9 Å². The van der Waals surface area contributed by atoms with E-state index in [0.29, 0.717) is 6.54 Å². The molecular formula is C16H19N3O. The smallest absolute Gasteiger partial charge is 0.269 e. The molecule has 1 aliphatic rings. The van der Waals surface area contributed by atoms with Crippen molar-refractivity contribution in [1.29, 1.82) is 0 Å². The van der Waals surface area contributed by atoms with Crippen molar-refractivity contribution in [3.05, 3.63) is 58.0 Å². The summed E-state index contributed by atoms with van der Waals surface area (Å²) in [5.41, 5.74) is 3.05. The number of benzene rings is 1. The summed E-state index contributed by atoms with van der Waals surface area (Å²) in [7, 11) is 0. The Balaban J connectivity index is 1.71. The van der Waals surface area contributed by atoms with Crippen LogP contribution >= 0.6 is 0 Å². The number of hydrogen-bond acceptors (Lipinski definition) is 3. The summed E-state index contributed by atoms with van der Waals surface area (Å²) in [5.74, 6) is 0.782. The van der Waals surface area contributed by atoms with Gasteiger partial charge in [0.2, 0.25) is 0 Å². The van der Waals surface area contributed by atoms with Crippen LogP contribution in [0.3, 0.4) is 0 Å². The molecule has 0 bridgehead atoms. The summed E-state index contributed by atoms with van der Waals surface area (Å²) in [4.78, 5) is 12.1. The van der Waals surface area contributed by atoms with Crippen LogP contribution in [0.25, 0.3) is 0 Å². The fourth-order valence-electron chi connectivity index (χ4n) is 2.22. The largest absolute Gasteiger partial charge is 0.383 e. The highest BCUT2D eigenvalue weighted by atomic mass is 16.1. The molecule has 4 heteroatoms. The van der Waals surface area contributed by atoms with E-state index in [1.165, 1.54) is 23.1 Å². The van der Waals surface area contributed by atoms with Crippen molar-refractivity contribution < 1.29 is 0 Å². The Hall–Kier alpha value is -2.10. The second-order valence-corrected chi connectivity index (χ2v) is 5.55. The average Bonchev–Trinajstić information content (AvgIpc) is 3.23. The summed E-state index contributed by atoms with van der Waals surface area (Å²) in [6, 6.07) is 9.77. The lowest BCUT2D eigenvalue weighted by Crippen LogP contribution is -2.23. The molecule has 1 aromatic heterocycles. The molecule has 20 heavy (non-hydrogen) atoms. The van der Waals surface area contributed by atoms with Gasteiger partial charge in [0.25, 0.3) is 5.56 Å². The maximum atomic E-state index is 12.1. The van der Waals surface area contributed by atoms with E-state index in [4.69, 9.17) is 0 Å². The average molecular weight is 269 g/mol. The third kappa shape index (κ3) is 3.26. The standard InChI is InChI=1S/C16H19N3O/c1-12-3-2-4-14(7-12)11-19-16(20)8-15(10-18-19)17-9-13-5-6-13/h2-4,7-8,10,13,17H,5-6,9,11H2,1H3. The number of rotatable bonds is 5. The van der Waals surface area contributed by atoms with Crippen LogP contribution in [0, 0.1) is 12.8 Å². The minimum atomic E-state index is -0.0627. The maximum absolute atomic E-state index is 12.1. The first-order valence-corrected chi connectivity index (χ1v) is 7.07. The van der Waals surface area contributed by atoms with Crippen molar-refractivity contribution in [3.63, 3.8) is 0 Å². The SMILES string of the molecule is Cc1cccc(Cn2ncc(NCC3CC3)cc2=O)c1. The van der Waals surface area contributed by atoms with Gasteiger partial charge < -0.3 is 5.32 Å². The van der Waals surface area contributed by atoms with E-state index in [9.17, 15) is 4.79 Å². The molecule has 3 rings (SSSR count). The summed E-state index contributed by atoms with van der Waals surface area (Å²) in [5, 5.41) is 7.51. The van der Waals surface area contributed by atoms with Gasteiger partial charge in [-0.05, 0) is 31.2 Å². The first-order valence-electron chi connectivity index (χ1n) is 7.07. The van der Waals surface area contributed by atoms with Crippen LogP contribution in [0.5, 0.6) is 0 Å². The van der Waals surface area contributed by atoms with Gasteiger partial charge in [0.1, 0.15) is 0 Å². The number of anilines is 1. The molecule has 1 fully saturated rings. The van der Waals surface area contributed by atoms with E-state index in [2.05, 4.69) is 16.5 Å². The van der Waals surface area contributed by atoms with Crippen molar-refractivity contribution in [3.8, 4) is 0 Å². The second-order valence-electron chi connectivity index (χ2n) is 5.55. The summed E-state index contributed by atoms with van der Waals surface area (Å²) in [6.07, 6.45) is 4.33. The lowest BCUT2D eigenvalue weighted by molar-refractivity contribution is 0.639. The van der Waals surface area contributed by atoms with Gasteiger partial charge in [-0.15, -0.1) is 0 Å². The van der Waals surface area contributed by atoms with Crippen LogP contribution in [0.15, 0.2) is 41.3 Å². The normalized spacial score (nSPS) is 14.2. The topological polar surface area (TPSA) is 46.9 Å². The Kier molecular flexibility index (Phi) is 3.54. The van der Waals surface area contributed by atoms with E-state index in [1.54, 1.807) is 12.3 Å². The van der Waals surface area contributed by atoms with E-state index in [0.717, 1.165) is 23.7 Å². The summed E-state index contributed by atoms with van der Waals surface area (Å²) >= 11 is 0.